The van der Waals surface area contributed by atoms with Crippen LogP contribution in [0.25, 0.3) is 0 Å². The standard InChI is InChI=1S/C4H5O.Rb/c1-3-4(2)5;/h1H2,2H3;/q-1;+1. The van der Waals surface area contributed by atoms with Gasteiger partial charge in [-0.15, -0.1) is 0 Å². The van der Waals surface area contributed by atoms with E-state index >= 15 is 0 Å². The van der Waals surface area contributed by atoms with Crippen LogP contribution in [0.4, 0.5) is 0 Å². The van der Waals surface area contributed by atoms with Crippen molar-refractivity contribution in [3.8, 4) is 0 Å². The van der Waals surface area contributed by atoms with Gasteiger partial charge < -0.3 is 10.9 Å². The van der Waals surface area contributed by atoms with Crippen molar-refractivity contribution in [1.29, 1.82) is 0 Å². The fourth-order valence-electron chi connectivity index (χ4n) is 0. The summed E-state index contributed by atoms with van der Waals surface area (Å²) in [6, 6.07) is 0. The van der Waals surface area contributed by atoms with Crippen molar-refractivity contribution in [3.63, 3.8) is 0 Å². The molecule has 0 spiro atoms. The Labute approximate surface area is 86.6 Å². The second-order valence-electron chi connectivity index (χ2n) is 0.733. The zero-order valence-electron chi connectivity index (χ0n) is 4.12. The SMILES string of the molecule is C=[C-]C(C)=O.[Rb+]. The summed E-state index contributed by atoms with van der Waals surface area (Å²) in [7, 11) is 0. The summed E-state index contributed by atoms with van der Waals surface area (Å²) < 4.78 is 0. The van der Waals surface area contributed by atoms with Crippen LogP contribution in [-0.2, 0) is 4.79 Å². The molecule has 0 radical (unpaired) electrons. The third-order valence-electron chi connectivity index (χ3n) is 0.249. The van der Waals surface area contributed by atoms with E-state index in [4.69, 9.17) is 0 Å². The van der Waals surface area contributed by atoms with Gasteiger partial charge in [0.25, 0.3) is 0 Å². The number of rotatable bonds is 1. The molecule has 0 saturated carbocycles. The Bertz CT molecular complexity index is 58.6. The molecule has 0 atom stereocenters. The maximum Gasteiger partial charge on any atom is 1.00 e. The molecule has 0 aliphatic carbocycles. The molecule has 0 heterocycles. The van der Waals surface area contributed by atoms with Crippen LogP contribution >= 0.6 is 0 Å². The minimum absolute atomic E-state index is 0. The monoisotopic (exact) mass is 154 g/mol. The molecule has 0 aliphatic rings. The van der Waals surface area contributed by atoms with Crippen LogP contribution in [0.15, 0.2) is 6.58 Å². The van der Waals surface area contributed by atoms with E-state index in [0.717, 1.165) is 0 Å². The Morgan fingerprint density at radius 2 is 2.00 bits per heavy atom. The van der Waals surface area contributed by atoms with Crippen LogP contribution in [0, 0.1) is 6.08 Å². The fraction of sp³-hybridized carbons (Fsp3) is 0.250. The zero-order valence-corrected chi connectivity index (χ0v) is 9.03. The summed E-state index contributed by atoms with van der Waals surface area (Å²) in [6.07, 6.45) is 2.14. The second kappa shape index (κ2) is 6.22. The zero-order chi connectivity index (χ0) is 4.28. The second-order valence-corrected chi connectivity index (χ2v) is 0.733. The average Bonchev–Trinajstić information content (AvgIpc) is 1.38. The number of carbonyl (C=O) groups excluding carboxylic acids is 1. The number of Topliss-reactive ketones (excluding diaryl/α,β-unsaturated/α-hetero) is 1. The van der Waals surface area contributed by atoms with Gasteiger partial charge in [0.2, 0.25) is 0 Å². The van der Waals surface area contributed by atoms with Crippen LogP contribution in [0.1, 0.15) is 6.92 Å². The summed E-state index contributed by atoms with van der Waals surface area (Å²) in [5, 5.41) is 0. The molecule has 2 heteroatoms. The van der Waals surface area contributed by atoms with E-state index in [1.54, 1.807) is 0 Å². The van der Waals surface area contributed by atoms with E-state index in [2.05, 4.69) is 12.7 Å². The molecule has 28 valence electrons. The summed E-state index contributed by atoms with van der Waals surface area (Å²) in [6.45, 7) is 4.50. The minimum Gasteiger partial charge on any atom is -0.435 e. The van der Waals surface area contributed by atoms with Crippen molar-refractivity contribution in [2.45, 2.75) is 6.92 Å². The first-order chi connectivity index (χ1) is 2.27. The van der Waals surface area contributed by atoms with Crippen molar-refractivity contribution in [3.05, 3.63) is 12.7 Å². The summed E-state index contributed by atoms with van der Waals surface area (Å²) >= 11 is 0. The smallest absolute Gasteiger partial charge is 0.435 e. The Kier molecular flexibility index (Phi) is 10.6. The summed E-state index contributed by atoms with van der Waals surface area (Å²) in [5.41, 5.74) is 0. The third-order valence-corrected chi connectivity index (χ3v) is 0.249. The molecule has 0 aliphatic heterocycles. The van der Waals surface area contributed by atoms with Crippen LogP contribution in [-0.4, -0.2) is 5.78 Å². The van der Waals surface area contributed by atoms with Gasteiger partial charge in [-0.25, -0.2) is 0 Å². The van der Waals surface area contributed by atoms with E-state index in [-0.39, 0.29) is 64.0 Å². The van der Waals surface area contributed by atoms with Crippen molar-refractivity contribution < 1.29 is 63.0 Å². The first kappa shape index (κ1) is 10.2. The molecule has 0 bridgehead atoms. The molecule has 0 amide bonds. The van der Waals surface area contributed by atoms with Crippen molar-refractivity contribution >= 4 is 5.78 Å². The van der Waals surface area contributed by atoms with Crippen molar-refractivity contribution in [2.24, 2.45) is 0 Å². The molecular formula is C4H5ORb. The van der Waals surface area contributed by atoms with Gasteiger partial charge in [0.05, 0.1) is 0 Å². The maximum atomic E-state index is 9.64. The van der Waals surface area contributed by atoms with E-state index < -0.39 is 0 Å². The van der Waals surface area contributed by atoms with Gasteiger partial charge in [0.1, 0.15) is 0 Å². The molecule has 1 nitrogen and oxygen atoms in total. The van der Waals surface area contributed by atoms with Gasteiger partial charge in [-0.1, -0.05) is 0 Å². The van der Waals surface area contributed by atoms with Crippen molar-refractivity contribution in [2.75, 3.05) is 0 Å². The van der Waals surface area contributed by atoms with Crippen LogP contribution in [0.2, 0.25) is 0 Å². The molecule has 0 aromatic heterocycles. The molecule has 0 aromatic rings. The van der Waals surface area contributed by atoms with Gasteiger partial charge >= 0.3 is 58.2 Å². The topological polar surface area (TPSA) is 17.1 Å². The number of carbonyl (C=O) groups is 1. The quantitative estimate of drug-likeness (QED) is 0.303. The predicted octanol–water partition coefficient (Wildman–Crippen LogP) is -2.43. The van der Waals surface area contributed by atoms with Gasteiger partial charge in [-0.3, -0.25) is 6.58 Å². The van der Waals surface area contributed by atoms with Gasteiger partial charge in [0, 0.05) is 0 Å². The summed E-state index contributed by atoms with van der Waals surface area (Å²) in [4.78, 5) is 9.64. The van der Waals surface area contributed by atoms with Gasteiger partial charge in [-0.05, 0) is 12.7 Å². The molecule has 0 aromatic carbocycles. The first-order valence-electron chi connectivity index (χ1n) is 1.31. The van der Waals surface area contributed by atoms with Gasteiger partial charge in [-0.2, -0.15) is 0 Å². The number of allylic oxidation sites excluding steroid dienone is 1. The fourth-order valence-corrected chi connectivity index (χ4v) is 0. The normalized spacial score (nSPS) is 5.50. The largest absolute Gasteiger partial charge is 1.00 e. The van der Waals surface area contributed by atoms with E-state index in [1.807, 2.05) is 0 Å². The number of ketones is 1. The molecule has 0 N–H and O–H groups in total. The van der Waals surface area contributed by atoms with E-state index in [9.17, 15) is 4.79 Å². The predicted molar refractivity (Wildman–Crippen MR) is 19.6 cm³/mol. The maximum absolute atomic E-state index is 9.64. The van der Waals surface area contributed by atoms with Crippen LogP contribution < -0.4 is 58.2 Å². The first-order valence-corrected chi connectivity index (χ1v) is 1.31. The molecular weight excluding hydrogens is 150 g/mol. The summed E-state index contributed by atoms with van der Waals surface area (Å²) in [5.74, 6) is -0.106. The Morgan fingerprint density at radius 1 is 1.83 bits per heavy atom. The van der Waals surface area contributed by atoms with E-state index in [1.165, 1.54) is 6.92 Å². The van der Waals surface area contributed by atoms with E-state index in [0.29, 0.717) is 0 Å². The number of hydrogen-bond donors (Lipinski definition) is 0. The molecule has 0 unspecified atom stereocenters. The Balaban J connectivity index is 0. The molecule has 0 rings (SSSR count). The average molecular weight is 155 g/mol. The van der Waals surface area contributed by atoms with Crippen molar-refractivity contribution in [1.82, 2.24) is 0 Å². The van der Waals surface area contributed by atoms with Crippen LogP contribution in [0.5, 0.6) is 0 Å². The Morgan fingerprint density at radius 3 is 2.00 bits per heavy atom. The minimum atomic E-state index is -0.106. The molecule has 6 heavy (non-hydrogen) atoms. The Hall–Kier alpha value is 1.22. The molecule has 0 saturated heterocycles. The van der Waals surface area contributed by atoms with Crippen LogP contribution in [0.3, 0.4) is 0 Å². The molecule has 0 fully saturated rings. The van der Waals surface area contributed by atoms with Gasteiger partial charge in [0.15, 0.2) is 0 Å². The third kappa shape index (κ3) is 8.96. The number of hydrogen-bond acceptors (Lipinski definition) is 1.